The first kappa shape index (κ1) is 22.7. The highest BCUT2D eigenvalue weighted by atomic mass is 32.2. The highest BCUT2D eigenvalue weighted by molar-refractivity contribution is 7.85. The van der Waals surface area contributed by atoms with Crippen molar-refractivity contribution in [1.82, 2.24) is 0 Å². The molecule has 0 heterocycles. The van der Waals surface area contributed by atoms with Gasteiger partial charge in [-0.2, -0.15) is 8.42 Å². The zero-order valence-electron chi connectivity index (χ0n) is 14.0. The van der Waals surface area contributed by atoms with E-state index in [4.69, 9.17) is 28.4 Å². The minimum absolute atomic E-state index is 0.00887. The Morgan fingerprint density at radius 3 is 1.48 bits per heavy atom. The van der Waals surface area contributed by atoms with Crippen LogP contribution in [0.4, 0.5) is 0 Å². The van der Waals surface area contributed by atoms with Crippen LogP contribution in [-0.4, -0.2) is 94.6 Å². The average Bonchev–Trinajstić information content (AvgIpc) is 2.50. The Labute approximate surface area is 138 Å². The van der Waals surface area contributed by atoms with E-state index in [0.29, 0.717) is 46.2 Å². The molecule has 0 radical (unpaired) electrons. The number of hydrogen-bond donors (Lipinski definition) is 0. The van der Waals surface area contributed by atoms with Gasteiger partial charge in [-0.05, 0) is 0 Å². The summed E-state index contributed by atoms with van der Waals surface area (Å²) >= 11 is 0. The van der Waals surface area contributed by atoms with Gasteiger partial charge in [0.15, 0.2) is 6.29 Å². The Morgan fingerprint density at radius 2 is 1.09 bits per heavy atom. The lowest BCUT2D eigenvalue weighted by molar-refractivity contribution is -0.143. The number of rotatable bonds is 17. The molecule has 0 amide bonds. The number of methoxy groups -OCH3 is 2. The van der Waals surface area contributed by atoms with E-state index in [9.17, 15) is 8.42 Å². The smallest absolute Gasteiger partial charge is 0.264 e. The highest BCUT2D eigenvalue weighted by Crippen LogP contribution is 1.92. The largest absolute Gasteiger partial charge is 0.377 e. The third-order valence-electron chi connectivity index (χ3n) is 2.42. The third kappa shape index (κ3) is 17.9. The van der Waals surface area contributed by atoms with Gasteiger partial charge in [0, 0.05) is 14.2 Å². The lowest BCUT2D eigenvalue weighted by Crippen LogP contribution is -2.21. The Balaban J connectivity index is 3.13. The van der Waals surface area contributed by atoms with Gasteiger partial charge in [0.25, 0.3) is 10.1 Å². The van der Waals surface area contributed by atoms with Crippen molar-refractivity contribution < 1.29 is 41.0 Å². The first-order valence-corrected chi connectivity index (χ1v) is 9.02. The molecule has 0 fully saturated rings. The molecule has 0 aliphatic heterocycles. The summed E-state index contributed by atoms with van der Waals surface area (Å²) in [7, 11) is -0.300. The molecule has 0 saturated carbocycles. The minimum atomic E-state index is -3.40. The zero-order valence-corrected chi connectivity index (χ0v) is 14.8. The van der Waals surface area contributed by atoms with Crippen LogP contribution in [0.1, 0.15) is 0 Å². The molecule has 0 aromatic rings. The summed E-state index contributed by atoms with van der Waals surface area (Å²) < 4.78 is 56.8. The summed E-state index contributed by atoms with van der Waals surface area (Å²) in [5.74, 6) is 0. The van der Waals surface area contributed by atoms with Gasteiger partial charge in [-0.15, -0.1) is 0 Å². The fourth-order valence-electron chi connectivity index (χ4n) is 1.32. The number of ether oxygens (including phenoxy) is 6. The quantitative estimate of drug-likeness (QED) is 0.196. The van der Waals surface area contributed by atoms with Gasteiger partial charge in [-0.25, -0.2) is 0 Å². The molecule has 9 nitrogen and oxygen atoms in total. The number of hydrogen-bond acceptors (Lipinski definition) is 9. The van der Waals surface area contributed by atoms with Crippen LogP contribution in [-0.2, 0) is 42.7 Å². The van der Waals surface area contributed by atoms with Crippen molar-refractivity contribution >= 4 is 10.1 Å². The van der Waals surface area contributed by atoms with E-state index in [1.54, 1.807) is 14.2 Å². The van der Waals surface area contributed by atoms with Gasteiger partial charge < -0.3 is 28.4 Å². The maximum atomic E-state index is 10.7. The summed E-state index contributed by atoms with van der Waals surface area (Å²) in [6.45, 7) is 3.15. The fraction of sp³-hybridized carbons (Fsp3) is 1.00. The molecule has 0 rings (SSSR count). The van der Waals surface area contributed by atoms with E-state index in [1.165, 1.54) is 0 Å². The molecule has 0 aromatic heterocycles. The van der Waals surface area contributed by atoms with Crippen molar-refractivity contribution in [2.24, 2.45) is 0 Å². The van der Waals surface area contributed by atoms with Crippen LogP contribution in [0.15, 0.2) is 0 Å². The van der Waals surface area contributed by atoms with Crippen LogP contribution in [0.2, 0.25) is 0 Å². The predicted molar refractivity (Wildman–Crippen MR) is 81.9 cm³/mol. The summed E-state index contributed by atoms with van der Waals surface area (Å²) in [4.78, 5) is 0. The van der Waals surface area contributed by atoms with Gasteiger partial charge in [0.05, 0.1) is 65.7 Å². The Hall–Kier alpha value is -0.330. The van der Waals surface area contributed by atoms with E-state index in [1.807, 2.05) is 0 Å². The summed E-state index contributed by atoms with van der Waals surface area (Å²) in [6, 6.07) is 0. The first-order chi connectivity index (χ1) is 11.0. The van der Waals surface area contributed by atoms with Crippen LogP contribution >= 0.6 is 0 Å². The Morgan fingerprint density at radius 1 is 0.696 bits per heavy atom. The molecule has 140 valence electrons. The van der Waals surface area contributed by atoms with Crippen LogP contribution in [0.5, 0.6) is 0 Å². The lowest BCUT2D eigenvalue weighted by Gasteiger charge is -2.13. The fourth-order valence-corrected chi connectivity index (χ4v) is 1.69. The molecular weight excluding hydrogens is 332 g/mol. The molecule has 0 unspecified atom stereocenters. The molecule has 0 bridgehead atoms. The topological polar surface area (TPSA) is 98.8 Å². The molecule has 10 heteroatoms. The maximum Gasteiger partial charge on any atom is 0.264 e. The maximum absolute atomic E-state index is 10.7. The van der Waals surface area contributed by atoms with Crippen molar-refractivity contribution in [3.8, 4) is 0 Å². The summed E-state index contributed by atoms with van der Waals surface area (Å²) in [6.07, 6.45) is 0.635. The molecule has 0 saturated heterocycles. The van der Waals surface area contributed by atoms with E-state index < -0.39 is 10.1 Å². The van der Waals surface area contributed by atoms with Gasteiger partial charge >= 0.3 is 0 Å². The van der Waals surface area contributed by atoms with Gasteiger partial charge in [0.2, 0.25) is 0 Å². The molecular formula is C13H28O9S. The SMILES string of the molecule is COC(COCCOCCOCCOCCOS(C)(=O)=O)OC. The van der Waals surface area contributed by atoms with Crippen LogP contribution in [0.25, 0.3) is 0 Å². The van der Waals surface area contributed by atoms with Crippen molar-refractivity contribution in [3.63, 3.8) is 0 Å². The first-order valence-electron chi connectivity index (χ1n) is 7.20. The van der Waals surface area contributed by atoms with Gasteiger partial charge in [-0.3, -0.25) is 4.18 Å². The van der Waals surface area contributed by atoms with Crippen molar-refractivity contribution in [2.75, 3.05) is 79.9 Å². The molecule has 0 atom stereocenters. The third-order valence-corrected chi connectivity index (χ3v) is 3.02. The van der Waals surface area contributed by atoms with Gasteiger partial charge in [-0.1, -0.05) is 0 Å². The van der Waals surface area contributed by atoms with E-state index in [2.05, 4.69) is 4.18 Å². The molecule has 0 N–H and O–H groups in total. The van der Waals surface area contributed by atoms with Crippen molar-refractivity contribution in [1.29, 1.82) is 0 Å². The second kappa shape index (κ2) is 15.2. The molecule has 23 heavy (non-hydrogen) atoms. The highest BCUT2D eigenvalue weighted by Gasteiger charge is 2.03. The second-order valence-electron chi connectivity index (χ2n) is 4.34. The lowest BCUT2D eigenvalue weighted by atomic mass is 10.6. The van der Waals surface area contributed by atoms with Crippen molar-refractivity contribution in [2.45, 2.75) is 6.29 Å². The standard InChI is InChI=1S/C13H28O9S/c1-16-13(17-2)12-21-9-8-19-5-4-18-6-7-20-10-11-22-23(3,14)15/h13H,4-12H2,1-3H3. The zero-order chi connectivity index (χ0) is 17.4. The molecule has 0 aliphatic carbocycles. The Kier molecular flexibility index (Phi) is 15.0. The van der Waals surface area contributed by atoms with Crippen molar-refractivity contribution in [3.05, 3.63) is 0 Å². The van der Waals surface area contributed by atoms with Crippen LogP contribution in [0.3, 0.4) is 0 Å². The van der Waals surface area contributed by atoms with E-state index in [0.717, 1.165) is 6.26 Å². The second-order valence-corrected chi connectivity index (χ2v) is 5.98. The predicted octanol–water partition coefficient (Wildman–Crippen LogP) is -0.352. The van der Waals surface area contributed by atoms with E-state index in [-0.39, 0.29) is 19.5 Å². The van der Waals surface area contributed by atoms with E-state index >= 15 is 0 Å². The van der Waals surface area contributed by atoms with Crippen LogP contribution < -0.4 is 0 Å². The molecule has 0 spiro atoms. The Bertz CT molecular complexity index is 343. The molecule has 0 aliphatic rings. The summed E-state index contributed by atoms with van der Waals surface area (Å²) in [5.41, 5.74) is 0. The molecule has 0 aromatic carbocycles. The average molecular weight is 360 g/mol. The minimum Gasteiger partial charge on any atom is -0.377 e. The summed E-state index contributed by atoms with van der Waals surface area (Å²) in [5, 5.41) is 0. The van der Waals surface area contributed by atoms with Gasteiger partial charge in [0.1, 0.15) is 0 Å². The van der Waals surface area contributed by atoms with Crippen LogP contribution in [0, 0.1) is 0 Å². The monoisotopic (exact) mass is 360 g/mol. The normalized spacial score (nSPS) is 12.2.